The van der Waals surface area contributed by atoms with Gasteiger partial charge in [0.2, 0.25) is 0 Å². The minimum absolute atomic E-state index is 0.534. The average Bonchev–Trinajstić information content (AvgIpc) is 2.26. The van der Waals surface area contributed by atoms with Gasteiger partial charge in [-0.15, -0.1) is 0 Å². The van der Waals surface area contributed by atoms with Gasteiger partial charge in [0.1, 0.15) is 0 Å². The Bertz CT molecular complexity index is 298. The van der Waals surface area contributed by atoms with E-state index in [-0.39, 0.29) is 0 Å². The lowest BCUT2D eigenvalue weighted by Gasteiger charge is -2.20. The smallest absolute Gasteiger partial charge is 0.0450 e. The van der Waals surface area contributed by atoms with E-state index in [0.717, 1.165) is 11.6 Å². The molecule has 0 aromatic heterocycles. The lowest BCUT2D eigenvalue weighted by Crippen LogP contribution is -2.31. The zero-order valence-corrected chi connectivity index (χ0v) is 10.5. The number of nitrogens with one attached hydrogen (secondary N) is 1. The van der Waals surface area contributed by atoms with Gasteiger partial charge in [-0.1, -0.05) is 50.1 Å². The van der Waals surface area contributed by atoms with Crippen molar-refractivity contribution in [2.24, 2.45) is 5.92 Å². The third-order valence-electron chi connectivity index (χ3n) is 3.07. The molecule has 1 rings (SSSR count). The molecule has 0 fully saturated rings. The van der Waals surface area contributed by atoms with Crippen LogP contribution in [0.1, 0.15) is 32.8 Å². The quantitative estimate of drug-likeness (QED) is 0.803. The molecular weight excluding hydrogens is 206 g/mol. The first-order valence-electron chi connectivity index (χ1n) is 5.62. The van der Waals surface area contributed by atoms with E-state index in [4.69, 9.17) is 11.6 Å². The van der Waals surface area contributed by atoms with Gasteiger partial charge < -0.3 is 5.32 Å². The van der Waals surface area contributed by atoms with Crippen molar-refractivity contribution in [3.63, 3.8) is 0 Å². The highest BCUT2D eigenvalue weighted by Crippen LogP contribution is 2.15. The van der Waals surface area contributed by atoms with Gasteiger partial charge in [-0.2, -0.15) is 0 Å². The number of rotatable bonds is 5. The van der Waals surface area contributed by atoms with Crippen LogP contribution < -0.4 is 5.32 Å². The van der Waals surface area contributed by atoms with Crippen molar-refractivity contribution < 1.29 is 0 Å². The Morgan fingerprint density at radius 1 is 1.27 bits per heavy atom. The van der Waals surface area contributed by atoms with Crippen molar-refractivity contribution in [3.8, 4) is 0 Å². The summed E-state index contributed by atoms with van der Waals surface area (Å²) in [5.41, 5.74) is 1.18. The summed E-state index contributed by atoms with van der Waals surface area (Å²) in [4.78, 5) is 0. The summed E-state index contributed by atoms with van der Waals surface area (Å²) >= 11 is 6.08. The standard InChI is InChI=1S/C13H20ClN/c1-4-10(2)11(3)15-9-12-7-5-6-8-13(12)14/h5-8,10-11,15H,4,9H2,1-3H3/t10-,11+/m1/s1. The van der Waals surface area contributed by atoms with Crippen LogP contribution >= 0.6 is 11.6 Å². The topological polar surface area (TPSA) is 12.0 Å². The predicted molar refractivity (Wildman–Crippen MR) is 67.2 cm³/mol. The van der Waals surface area contributed by atoms with Crippen LogP contribution in [0.4, 0.5) is 0 Å². The van der Waals surface area contributed by atoms with E-state index < -0.39 is 0 Å². The summed E-state index contributed by atoms with van der Waals surface area (Å²) in [7, 11) is 0. The minimum atomic E-state index is 0.534. The first kappa shape index (κ1) is 12.5. The molecule has 1 aromatic rings. The Balaban J connectivity index is 2.47. The molecule has 0 aliphatic rings. The number of hydrogen-bond acceptors (Lipinski definition) is 1. The van der Waals surface area contributed by atoms with Gasteiger partial charge >= 0.3 is 0 Å². The largest absolute Gasteiger partial charge is 0.310 e. The first-order chi connectivity index (χ1) is 7.15. The maximum absolute atomic E-state index is 6.08. The molecule has 0 bridgehead atoms. The fourth-order valence-corrected chi connectivity index (χ4v) is 1.67. The minimum Gasteiger partial charge on any atom is -0.310 e. The highest BCUT2D eigenvalue weighted by Gasteiger charge is 2.09. The van der Waals surface area contributed by atoms with Gasteiger partial charge in [-0.3, -0.25) is 0 Å². The zero-order chi connectivity index (χ0) is 11.3. The first-order valence-corrected chi connectivity index (χ1v) is 5.99. The predicted octanol–water partition coefficient (Wildman–Crippen LogP) is 3.86. The molecular formula is C13H20ClN. The molecule has 0 heterocycles. The van der Waals surface area contributed by atoms with Crippen LogP contribution in [0.25, 0.3) is 0 Å². The SMILES string of the molecule is CC[C@@H](C)[C@H](C)NCc1ccccc1Cl. The summed E-state index contributed by atoms with van der Waals surface area (Å²) in [5, 5.41) is 4.35. The summed E-state index contributed by atoms with van der Waals surface area (Å²) in [6.07, 6.45) is 1.21. The van der Waals surface area contributed by atoms with Gasteiger partial charge in [0.15, 0.2) is 0 Å². The molecule has 2 atom stereocenters. The fraction of sp³-hybridized carbons (Fsp3) is 0.538. The Labute approximate surface area is 97.8 Å². The second kappa shape index (κ2) is 6.14. The van der Waals surface area contributed by atoms with E-state index in [1.54, 1.807) is 0 Å². The van der Waals surface area contributed by atoms with Gasteiger partial charge in [0.25, 0.3) is 0 Å². The summed E-state index contributed by atoms with van der Waals surface area (Å²) < 4.78 is 0. The molecule has 0 saturated heterocycles. The van der Waals surface area contributed by atoms with Crippen molar-refractivity contribution in [2.75, 3.05) is 0 Å². The molecule has 0 unspecified atom stereocenters. The second-order valence-corrected chi connectivity index (χ2v) is 4.55. The maximum atomic E-state index is 6.08. The second-order valence-electron chi connectivity index (χ2n) is 4.15. The van der Waals surface area contributed by atoms with E-state index in [1.165, 1.54) is 12.0 Å². The number of benzene rings is 1. The molecule has 0 aliphatic heterocycles. The van der Waals surface area contributed by atoms with Crippen molar-refractivity contribution in [1.82, 2.24) is 5.32 Å². The molecule has 2 heteroatoms. The van der Waals surface area contributed by atoms with E-state index in [2.05, 4.69) is 32.2 Å². The van der Waals surface area contributed by atoms with Gasteiger partial charge in [-0.05, 0) is 24.5 Å². The average molecular weight is 226 g/mol. The third-order valence-corrected chi connectivity index (χ3v) is 3.44. The van der Waals surface area contributed by atoms with Crippen molar-refractivity contribution >= 4 is 11.6 Å². The van der Waals surface area contributed by atoms with Crippen LogP contribution in [0.15, 0.2) is 24.3 Å². The molecule has 0 aliphatic carbocycles. The Hall–Kier alpha value is -0.530. The van der Waals surface area contributed by atoms with Crippen LogP contribution in [0.3, 0.4) is 0 Å². The molecule has 1 N–H and O–H groups in total. The highest BCUT2D eigenvalue weighted by molar-refractivity contribution is 6.31. The van der Waals surface area contributed by atoms with Crippen molar-refractivity contribution in [3.05, 3.63) is 34.9 Å². The molecule has 1 nitrogen and oxygen atoms in total. The molecule has 15 heavy (non-hydrogen) atoms. The lowest BCUT2D eigenvalue weighted by molar-refractivity contribution is 0.389. The Morgan fingerprint density at radius 2 is 1.93 bits per heavy atom. The summed E-state index contributed by atoms with van der Waals surface area (Å²) in [6.45, 7) is 7.57. The molecule has 0 saturated carbocycles. The van der Waals surface area contributed by atoms with Gasteiger partial charge in [0, 0.05) is 17.6 Å². The van der Waals surface area contributed by atoms with Gasteiger partial charge in [-0.25, -0.2) is 0 Å². The van der Waals surface area contributed by atoms with E-state index in [1.807, 2.05) is 18.2 Å². The van der Waals surface area contributed by atoms with Crippen LogP contribution in [-0.4, -0.2) is 6.04 Å². The van der Waals surface area contributed by atoms with E-state index >= 15 is 0 Å². The normalized spacial score (nSPS) is 14.9. The van der Waals surface area contributed by atoms with Crippen LogP contribution in [0.2, 0.25) is 5.02 Å². The fourth-order valence-electron chi connectivity index (χ4n) is 1.47. The van der Waals surface area contributed by atoms with Gasteiger partial charge in [0.05, 0.1) is 0 Å². The van der Waals surface area contributed by atoms with E-state index in [9.17, 15) is 0 Å². The van der Waals surface area contributed by atoms with Crippen LogP contribution in [0.5, 0.6) is 0 Å². The van der Waals surface area contributed by atoms with Crippen molar-refractivity contribution in [2.45, 2.75) is 39.8 Å². The monoisotopic (exact) mass is 225 g/mol. The molecule has 0 radical (unpaired) electrons. The number of halogens is 1. The lowest BCUT2D eigenvalue weighted by atomic mass is 10.0. The maximum Gasteiger partial charge on any atom is 0.0450 e. The van der Waals surface area contributed by atoms with Crippen LogP contribution in [-0.2, 0) is 6.54 Å². The summed E-state index contributed by atoms with van der Waals surface area (Å²) in [5.74, 6) is 0.701. The number of hydrogen-bond donors (Lipinski definition) is 1. The molecule has 0 amide bonds. The summed E-state index contributed by atoms with van der Waals surface area (Å²) in [6, 6.07) is 8.53. The molecule has 84 valence electrons. The van der Waals surface area contributed by atoms with Crippen molar-refractivity contribution in [1.29, 1.82) is 0 Å². The zero-order valence-electron chi connectivity index (χ0n) is 9.76. The molecule has 0 spiro atoms. The molecule has 1 aromatic carbocycles. The Kier molecular flexibility index (Phi) is 5.13. The highest BCUT2D eigenvalue weighted by atomic mass is 35.5. The Morgan fingerprint density at radius 3 is 2.53 bits per heavy atom. The third kappa shape index (κ3) is 3.84. The van der Waals surface area contributed by atoms with E-state index in [0.29, 0.717) is 12.0 Å². The van der Waals surface area contributed by atoms with Crippen LogP contribution in [0, 0.1) is 5.92 Å².